The summed E-state index contributed by atoms with van der Waals surface area (Å²) < 4.78 is 4.85. The van der Waals surface area contributed by atoms with Gasteiger partial charge in [-0.3, -0.25) is 14.5 Å². The van der Waals surface area contributed by atoms with Gasteiger partial charge in [0.15, 0.2) is 0 Å². The first-order chi connectivity index (χ1) is 9.63. The first-order valence-corrected chi connectivity index (χ1v) is 7.12. The molecule has 2 amide bonds. The molecule has 1 atom stereocenters. The Morgan fingerprint density at radius 1 is 1.35 bits per heavy atom. The van der Waals surface area contributed by atoms with Crippen molar-refractivity contribution in [3.8, 4) is 0 Å². The number of methoxy groups -OCH3 is 1. The number of ether oxygens (including phenoxy) is 1. The third-order valence-corrected chi connectivity index (χ3v) is 3.18. The SMILES string of the molecule is COCCNC(=O)C(C)NC(=O)CN1CCCNCC1. The van der Waals surface area contributed by atoms with Gasteiger partial charge in [-0.05, 0) is 26.4 Å². The lowest BCUT2D eigenvalue weighted by atomic mass is 10.3. The third-order valence-electron chi connectivity index (χ3n) is 3.18. The highest BCUT2D eigenvalue weighted by atomic mass is 16.5. The molecular weight excluding hydrogens is 260 g/mol. The Morgan fingerprint density at radius 2 is 2.15 bits per heavy atom. The van der Waals surface area contributed by atoms with Gasteiger partial charge in [-0.25, -0.2) is 0 Å². The summed E-state index contributed by atoms with van der Waals surface area (Å²) in [6.07, 6.45) is 1.04. The number of nitrogens with zero attached hydrogens (tertiary/aromatic N) is 1. The minimum Gasteiger partial charge on any atom is -0.383 e. The van der Waals surface area contributed by atoms with E-state index in [2.05, 4.69) is 20.9 Å². The van der Waals surface area contributed by atoms with Crippen LogP contribution < -0.4 is 16.0 Å². The topological polar surface area (TPSA) is 82.7 Å². The van der Waals surface area contributed by atoms with Gasteiger partial charge in [-0.2, -0.15) is 0 Å². The first-order valence-electron chi connectivity index (χ1n) is 7.12. The molecule has 1 rings (SSSR count). The predicted octanol–water partition coefficient (Wildman–Crippen LogP) is -1.45. The number of carbonyl (C=O) groups excluding carboxylic acids is 2. The van der Waals surface area contributed by atoms with Crippen molar-refractivity contribution >= 4 is 11.8 Å². The van der Waals surface area contributed by atoms with E-state index in [-0.39, 0.29) is 11.8 Å². The molecule has 116 valence electrons. The Balaban J connectivity index is 2.24. The zero-order valence-corrected chi connectivity index (χ0v) is 12.4. The minimum absolute atomic E-state index is 0.110. The summed E-state index contributed by atoms with van der Waals surface area (Å²) in [5.74, 6) is -0.297. The van der Waals surface area contributed by atoms with E-state index in [0.717, 1.165) is 32.6 Å². The van der Waals surface area contributed by atoms with Crippen molar-refractivity contribution in [1.29, 1.82) is 0 Å². The maximum atomic E-state index is 11.9. The molecule has 7 nitrogen and oxygen atoms in total. The van der Waals surface area contributed by atoms with Crippen LogP contribution in [-0.4, -0.2) is 75.7 Å². The van der Waals surface area contributed by atoms with Crippen molar-refractivity contribution < 1.29 is 14.3 Å². The van der Waals surface area contributed by atoms with Crippen molar-refractivity contribution in [1.82, 2.24) is 20.9 Å². The average Bonchev–Trinajstić information content (AvgIpc) is 2.67. The standard InChI is InChI=1S/C13H26N4O3/c1-11(13(19)15-6-9-20-2)16-12(18)10-17-7-3-4-14-5-8-17/h11,14H,3-10H2,1-2H3,(H,15,19)(H,16,18). The van der Waals surface area contributed by atoms with E-state index < -0.39 is 6.04 Å². The Kier molecular flexibility index (Phi) is 8.17. The molecule has 0 aromatic heterocycles. The molecular formula is C13H26N4O3. The summed E-state index contributed by atoms with van der Waals surface area (Å²) in [6.45, 7) is 6.62. The van der Waals surface area contributed by atoms with Crippen LogP contribution in [0.4, 0.5) is 0 Å². The van der Waals surface area contributed by atoms with E-state index in [1.165, 1.54) is 0 Å². The number of hydrogen-bond donors (Lipinski definition) is 3. The Labute approximate surface area is 120 Å². The number of amides is 2. The highest BCUT2D eigenvalue weighted by Crippen LogP contribution is 1.95. The van der Waals surface area contributed by atoms with E-state index in [1.54, 1.807) is 14.0 Å². The number of hydrogen-bond acceptors (Lipinski definition) is 5. The summed E-state index contributed by atoms with van der Waals surface area (Å²) in [6, 6.07) is -0.524. The van der Waals surface area contributed by atoms with Crippen LogP contribution in [0, 0.1) is 0 Å². The van der Waals surface area contributed by atoms with Crippen LogP contribution in [0.5, 0.6) is 0 Å². The van der Waals surface area contributed by atoms with Crippen molar-refractivity contribution in [2.24, 2.45) is 0 Å². The molecule has 0 aromatic rings. The van der Waals surface area contributed by atoms with E-state index in [9.17, 15) is 9.59 Å². The lowest BCUT2D eigenvalue weighted by Gasteiger charge is -2.20. The number of rotatable bonds is 7. The van der Waals surface area contributed by atoms with Crippen LogP contribution in [-0.2, 0) is 14.3 Å². The average molecular weight is 286 g/mol. The molecule has 0 spiro atoms. The van der Waals surface area contributed by atoms with E-state index in [0.29, 0.717) is 19.7 Å². The molecule has 7 heteroatoms. The molecule has 1 aliphatic rings. The van der Waals surface area contributed by atoms with E-state index >= 15 is 0 Å². The predicted molar refractivity (Wildman–Crippen MR) is 76.4 cm³/mol. The monoisotopic (exact) mass is 286 g/mol. The molecule has 20 heavy (non-hydrogen) atoms. The molecule has 1 saturated heterocycles. The molecule has 3 N–H and O–H groups in total. The van der Waals surface area contributed by atoms with Gasteiger partial charge < -0.3 is 20.7 Å². The molecule has 0 radical (unpaired) electrons. The van der Waals surface area contributed by atoms with Gasteiger partial charge in [0.1, 0.15) is 6.04 Å². The maximum absolute atomic E-state index is 11.9. The van der Waals surface area contributed by atoms with E-state index in [1.807, 2.05) is 0 Å². The Hall–Kier alpha value is -1.18. The van der Waals surface area contributed by atoms with Crippen LogP contribution in [0.3, 0.4) is 0 Å². The molecule has 1 heterocycles. The second-order valence-corrected chi connectivity index (χ2v) is 4.95. The highest BCUT2D eigenvalue weighted by Gasteiger charge is 2.17. The third kappa shape index (κ3) is 6.83. The molecule has 0 bridgehead atoms. The largest absolute Gasteiger partial charge is 0.383 e. The summed E-state index contributed by atoms with van der Waals surface area (Å²) in [5.41, 5.74) is 0. The van der Waals surface area contributed by atoms with Crippen LogP contribution in [0.2, 0.25) is 0 Å². The van der Waals surface area contributed by atoms with Crippen LogP contribution in [0.25, 0.3) is 0 Å². The van der Waals surface area contributed by atoms with Crippen molar-refractivity contribution in [2.75, 3.05) is 53.0 Å². The van der Waals surface area contributed by atoms with E-state index in [4.69, 9.17) is 4.74 Å². The van der Waals surface area contributed by atoms with Gasteiger partial charge in [0.2, 0.25) is 11.8 Å². The smallest absolute Gasteiger partial charge is 0.242 e. The van der Waals surface area contributed by atoms with Gasteiger partial charge in [-0.1, -0.05) is 0 Å². The zero-order chi connectivity index (χ0) is 14.8. The lowest BCUT2D eigenvalue weighted by Crippen LogP contribution is -2.48. The Morgan fingerprint density at radius 3 is 2.90 bits per heavy atom. The summed E-state index contributed by atoms with van der Waals surface area (Å²) >= 11 is 0. The molecule has 1 fully saturated rings. The maximum Gasteiger partial charge on any atom is 0.242 e. The van der Waals surface area contributed by atoms with Gasteiger partial charge in [0.25, 0.3) is 0 Å². The molecule has 0 aromatic carbocycles. The minimum atomic E-state index is -0.524. The van der Waals surface area contributed by atoms with Crippen molar-refractivity contribution in [2.45, 2.75) is 19.4 Å². The lowest BCUT2D eigenvalue weighted by molar-refractivity contribution is -0.129. The number of nitrogens with one attached hydrogen (secondary N) is 3. The Bertz CT molecular complexity index is 304. The van der Waals surface area contributed by atoms with Crippen LogP contribution >= 0.6 is 0 Å². The normalized spacial score (nSPS) is 18.1. The fourth-order valence-electron chi connectivity index (χ4n) is 2.04. The zero-order valence-electron chi connectivity index (χ0n) is 12.4. The van der Waals surface area contributed by atoms with Gasteiger partial charge in [0, 0.05) is 26.7 Å². The quantitative estimate of drug-likeness (QED) is 0.499. The molecule has 1 aliphatic heterocycles. The second kappa shape index (κ2) is 9.68. The molecule has 0 aliphatic carbocycles. The van der Waals surface area contributed by atoms with Crippen molar-refractivity contribution in [3.63, 3.8) is 0 Å². The van der Waals surface area contributed by atoms with Gasteiger partial charge in [0.05, 0.1) is 13.2 Å². The fourth-order valence-corrected chi connectivity index (χ4v) is 2.04. The summed E-state index contributed by atoms with van der Waals surface area (Å²) in [7, 11) is 1.58. The second-order valence-electron chi connectivity index (χ2n) is 4.95. The molecule has 1 unspecified atom stereocenters. The highest BCUT2D eigenvalue weighted by molar-refractivity contribution is 5.87. The van der Waals surface area contributed by atoms with Gasteiger partial charge in [-0.15, -0.1) is 0 Å². The van der Waals surface area contributed by atoms with Gasteiger partial charge >= 0.3 is 0 Å². The number of carbonyl (C=O) groups is 2. The van der Waals surface area contributed by atoms with Crippen molar-refractivity contribution in [3.05, 3.63) is 0 Å². The van der Waals surface area contributed by atoms with Crippen LogP contribution in [0.15, 0.2) is 0 Å². The van der Waals surface area contributed by atoms with Crippen LogP contribution in [0.1, 0.15) is 13.3 Å². The first kappa shape index (κ1) is 16.9. The summed E-state index contributed by atoms with van der Waals surface area (Å²) in [5, 5.41) is 8.71. The summed E-state index contributed by atoms with van der Waals surface area (Å²) in [4.78, 5) is 25.7. The molecule has 0 saturated carbocycles. The fraction of sp³-hybridized carbons (Fsp3) is 0.846.